The topological polar surface area (TPSA) is 57.5 Å². The fraction of sp³-hybridized carbons (Fsp3) is 0.900. The first kappa shape index (κ1) is 12.4. The average molecular weight is 188 g/mol. The Labute approximate surface area is 79.8 Å². The zero-order chi connectivity index (χ0) is 10.4. The molecule has 0 saturated heterocycles. The summed E-state index contributed by atoms with van der Waals surface area (Å²) in [5.74, 6) is -1.45. The van der Waals surface area contributed by atoms with Crippen LogP contribution in [-0.4, -0.2) is 22.3 Å². The smallest absolute Gasteiger partial charge is 0.309 e. The molecule has 3 unspecified atom stereocenters. The van der Waals surface area contributed by atoms with E-state index in [1.807, 2.05) is 20.8 Å². The molecule has 3 atom stereocenters. The summed E-state index contributed by atoms with van der Waals surface area (Å²) in [6.45, 7) is 5.76. The second kappa shape index (κ2) is 5.97. The third kappa shape index (κ3) is 3.77. The monoisotopic (exact) mass is 188 g/mol. The molecule has 0 saturated carbocycles. The summed E-state index contributed by atoms with van der Waals surface area (Å²) < 4.78 is 0. The van der Waals surface area contributed by atoms with Gasteiger partial charge in [0.1, 0.15) is 0 Å². The van der Waals surface area contributed by atoms with Crippen molar-refractivity contribution in [3.05, 3.63) is 0 Å². The lowest BCUT2D eigenvalue weighted by Crippen LogP contribution is -2.33. The fourth-order valence-electron chi connectivity index (χ4n) is 1.52. The molecule has 3 heteroatoms. The summed E-state index contributed by atoms with van der Waals surface area (Å²) in [4.78, 5) is 10.9. The van der Waals surface area contributed by atoms with Crippen LogP contribution in [0.2, 0.25) is 0 Å². The van der Waals surface area contributed by atoms with E-state index < -0.39 is 18.0 Å². The Hall–Kier alpha value is -0.570. The summed E-state index contributed by atoms with van der Waals surface area (Å²) in [7, 11) is 0. The summed E-state index contributed by atoms with van der Waals surface area (Å²) >= 11 is 0. The average Bonchev–Trinajstić information content (AvgIpc) is 2.04. The number of aliphatic carboxylic acids is 1. The van der Waals surface area contributed by atoms with Gasteiger partial charge in [-0.15, -0.1) is 0 Å². The molecule has 0 radical (unpaired) electrons. The molecule has 0 heterocycles. The van der Waals surface area contributed by atoms with Crippen molar-refractivity contribution in [3.63, 3.8) is 0 Å². The molecule has 3 nitrogen and oxygen atoms in total. The van der Waals surface area contributed by atoms with Crippen LogP contribution in [-0.2, 0) is 4.79 Å². The van der Waals surface area contributed by atoms with E-state index >= 15 is 0 Å². The highest BCUT2D eigenvalue weighted by Crippen LogP contribution is 2.22. The molecular formula is C10H20O3. The molecule has 0 aromatic heterocycles. The van der Waals surface area contributed by atoms with Crippen molar-refractivity contribution in [1.82, 2.24) is 0 Å². The van der Waals surface area contributed by atoms with Gasteiger partial charge in [-0.3, -0.25) is 4.79 Å². The Balaban J connectivity index is 4.31. The van der Waals surface area contributed by atoms with Crippen LogP contribution in [0.25, 0.3) is 0 Å². The molecule has 0 aliphatic heterocycles. The molecule has 0 aliphatic carbocycles. The highest BCUT2D eigenvalue weighted by Gasteiger charge is 2.30. The van der Waals surface area contributed by atoms with Crippen LogP contribution < -0.4 is 0 Å². The zero-order valence-electron chi connectivity index (χ0n) is 8.66. The first-order valence-electron chi connectivity index (χ1n) is 4.95. The molecule has 0 bridgehead atoms. The SMILES string of the molecule is CCCC(O)C(C(=O)O)C(C)CC. The molecule has 78 valence electrons. The van der Waals surface area contributed by atoms with Crippen molar-refractivity contribution >= 4 is 5.97 Å². The second-order valence-electron chi connectivity index (χ2n) is 3.61. The maximum Gasteiger partial charge on any atom is 0.309 e. The molecule has 0 spiro atoms. The van der Waals surface area contributed by atoms with Crippen molar-refractivity contribution in [2.75, 3.05) is 0 Å². The van der Waals surface area contributed by atoms with Gasteiger partial charge in [0.05, 0.1) is 12.0 Å². The highest BCUT2D eigenvalue weighted by atomic mass is 16.4. The molecule has 2 N–H and O–H groups in total. The maximum atomic E-state index is 10.9. The lowest BCUT2D eigenvalue weighted by molar-refractivity contribution is -0.148. The Morgan fingerprint density at radius 3 is 2.23 bits per heavy atom. The van der Waals surface area contributed by atoms with Crippen LogP contribution in [0.4, 0.5) is 0 Å². The third-order valence-electron chi connectivity index (χ3n) is 2.54. The van der Waals surface area contributed by atoms with Gasteiger partial charge in [-0.1, -0.05) is 33.6 Å². The van der Waals surface area contributed by atoms with E-state index in [4.69, 9.17) is 5.11 Å². The van der Waals surface area contributed by atoms with Gasteiger partial charge >= 0.3 is 5.97 Å². The van der Waals surface area contributed by atoms with Gasteiger partial charge in [0.25, 0.3) is 0 Å². The van der Waals surface area contributed by atoms with Crippen molar-refractivity contribution < 1.29 is 15.0 Å². The third-order valence-corrected chi connectivity index (χ3v) is 2.54. The molecule has 0 aromatic carbocycles. The van der Waals surface area contributed by atoms with Gasteiger partial charge in [-0.25, -0.2) is 0 Å². The van der Waals surface area contributed by atoms with E-state index in [0.29, 0.717) is 6.42 Å². The van der Waals surface area contributed by atoms with E-state index in [1.165, 1.54) is 0 Å². The Bertz CT molecular complexity index is 156. The lowest BCUT2D eigenvalue weighted by Gasteiger charge is -2.23. The standard InChI is InChI=1S/C10H20O3/c1-4-6-8(11)9(10(12)13)7(3)5-2/h7-9,11H,4-6H2,1-3H3,(H,12,13). The minimum Gasteiger partial charge on any atom is -0.481 e. The maximum absolute atomic E-state index is 10.9. The molecule has 0 amide bonds. The van der Waals surface area contributed by atoms with E-state index in [9.17, 15) is 9.90 Å². The Morgan fingerprint density at radius 1 is 1.38 bits per heavy atom. The number of hydrogen-bond donors (Lipinski definition) is 2. The number of aliphatic hydroxyl groups excluding tert-OH is 1. The van der Waals surface area contributed by atoms with Gasteiger partial charge in [0.2, 0.25) is 0 Å². The highest BCUT2D eigenvalue weighted by molar-refractivity contribution is 5.71. The molecular weight excluding hydrogens is 168 g/mol. The van der Waals surface area contributed by atoms with E-state index in [-0.39, 0.29) is 5.92 Å². The van der Waals surface area contributed by atoms with Gasteiger partial charge in [-0.2, -0.15) is 0 Å². The number of hydrogen-bond acceptors (Lipinski definition) is 2. The van der Waals surface area contributed by atoms with Gasteiger partial charge < -0.3 is 10.2 Å². The largest absolute Gasteiger partial charge is 0.481 e. The first-order valence-corrected chi connectivity index (χ1v) is 4.95. The Morgan fingerprint density at radius 2 is 1.92 bits per heavy atom. The molecule has 0 rings (SSSR count). The zero-order valence-corrected chi connectivity index (χ0v) is 8.66. The van der Waals surface area contributed by atoms with E-state index in [0.717, 1.165) is 12.8 Å². The van der Waals surface area contributed by atoms with Crippen LogP contribution in [0.15, 0.2) is 0 Å². The Kier molecular flexibility index (Phi) is 5.71. The van der Waals surface area contributed by atoms with Gasteiger partial charge in [-0.05, 0) is 12.3 Å². The summed E-state index contributed by atoms with van der Waals surface area (Å²) in [5, 5.41) is 18.5. The predicted molar refractivity (Wildman–Crippen MR) is 51.5 cm³/mol. The number of aliphatic hydroxyl groups is 1. The van der Waals surface area contributed by atoms with Crippen molar-refractivity contribution in [1.29, 1.82) is 0 Å². The summed E-state index contributed by atoms with van der Waals surface area (Å²) in [6.07, 6.45) is 1.48. The second-order valence-corrected chi connectivity index (χ2v) is 3.61. The van der Waals surface area contributed by atoms with Crippen molar-refractivity contribution in [2.24, 2.45) is 11.8 Å². The molecule has 0 aliphatic rings. The normalized spacial score (nSPS) is 17.8. The first-order chi connectivity index (χ1) is 6.04. The quantitative estimate of drug-likeness (QED) is 0.669. The predicted octanol–water partition coefficient (Wildman–Crippen LogP) is 1.89. The van der Waals surface area contributed by atoms with Crippen LogP contribution >= 0.6 is 0 Å². The number of carbonyl (C=O) groups is 1. The molecule has 0 fully saturated rings. The van der Waals surface area contributed by atoms with Crippen molar-refractivity contribution in [3.8, 4) is 0 Å². The van der Waals surface area contributed by atoms with Gasteiger partial charge in [0, 0.05) is 0 Å². The summed E-state index contributed by atoms with van der Waals surface area (Å²) in [6, 6.07) is 0. The van der Waals surface area contributed by atoms with E-state index in [2.05, 4.69) is 0 Å². The molecule has 0 aromatic rings. The van der Waals surface area contributed by atoms with Crippen LogP contribution in [0.1, 0.15) is 40.0 Å². The number of rotatable bonds is 6. The minimum atomic E-state index is -0.879. The van der Waals surface area contributed by atoms with Gasteiger partial charge in [0.15, 0.2) is 0 Å². The number of carboxylic acids is 1. The minimum absolute atomic E-state index is 0.0408. The lowest BCUT2D eigenvalue weighted by atomic mass is 9.85. The molecule has 13 heavy (non-hydrogen) atoms. The van der Waals surface area contributed by atoms with Crippen LogP contribution in [0, 0.1) is 11.8 Å². The summed E-state index contributed by atoms with van der Waals surface area (Å²) in [5.41, 5.74) is 0. The number of carboxylic acid groups (broad SMARTS) is 1. The van der Waals surface area contributed by atoms with Crippen LogP contribution in [0.3, 0.4) is 0 Å². The fourth-order valence-corrected chi connectivity index (χ4v) is 1.52. The van der Waals surface area contributed by atoms with E-state index in [1.54, 1.807) is 0 Å². The van der Waals surface area contributed by atoms with Crippen LogP contribution in [0.5, 0.6) is 0 Å². The van der Waals surface area contributed by atoms with Crippen molar-refractivity contribution in [2.45, 2.75) is 46.1 Å².